The molecule has 1 atom stereocenters. The lowest BCUT2D eigenvalue weighted by atomic mass is 9.80. The number of ether oxygens (including phenoxy) is 2. The molecule has 27 heavy (non-hydrogen) atoms. The van der Waals surface area contributed by atoms with Crippen LogP contribution in [-0.2, 0) is 15.6 Å². The minimum Gasteiger partial charge on any atom is -0.467 e. The van der Waals surface area contributed by atoms with Crippen molar-refractivity contribution in [3.8, 4) is 5.75 Å². The zero-order valence-electron chi connectivity index (χ0n) is 17.5. The van der Waals surface area contributed by atoms with E-state index in [1.54, 1.807) is 7.11 Å². The van der Waals surface area contributed by atoms with Crippen LogP contribution in [0.15, 0.2) is 36.4 Å². The molecule has 0 N–H and O–H groups in total. The summed E-state index contributed by atoms with van der Waals surface area (Å²) in [7, 11) is 1.96. The highest BCUT2D eigenvalue weighted by Gasteiger charge is 2.26. The molecule has 0 amide bonds. The van der Waals surface area contributed by atoms with Gasteiger partial charge in [-0.2, -0.15) is 0 Å². The lowest BCUT2D eigenvalue weighted by molar-refractivity contribution is 0.0506. The van der Waals surface area contributed by atoms with Gasteiger partial charge in [0.2, 0.25) is 0 Å². The molecule has 0 radical (unpaired) electrons. The van der Waals surface area contributed by atoms with Crippen LogP contribution < -0.4 is 15.3 Å². The van der Waals surface area contributed by atoms with E-state index in [9.17, 15) is 4.79 Å². The molecule has 0 aromatic heterocycles. The molecule has 2 rings (SSSR count). The molecule has 0 saturated carbocycles. The van der Waals surface area contributed by atoms with Gasteiger partial charge in [0.05, 0.1) is 0 Å². The SMILES string of the molecule is COCOc1c(Pc2ccccc2C=O)cc(C(C)(C)C)cc1C(C)(C)C. The number of hydrogen-bond acceptors (Lipinski definition) is 3. The van der Waals surface area contributed by atoms with E-state index in [1.165, 1.54) is 5.56 Å². The summed E-state index contributed by atoms with van der Waals surface area (Å²) in [5, 5.41) is 2.14. The van der Waals surface area contributed by atoms with E-state index in [2.05, 4.69) is 53.7 Å². The summed E-state index contributed by atoms with van der Waals surface area (Å²) in [5.41, 5.74) is 3.10. The molecule has 0 aliphatic heterocycles. The van der Waals surface area contributed by atoms with Crippen molar-refractivity contribution in [2.45, 2.75) is 52.4 Å². The van der Waals surface area contributed by atoms with Gasteiger partial charge in [-0.1, -0.05) is 80.5 Å². The topological polar surface area (TPSA) is 35.5 Å². The van der Waals surface area contributed by atoms with Crippen molar-refractivity contribution < 1.29 is 14.3 Å². The molecule has 0 bridgehead atoms. The van der Waals surface area contributed by atoms with Crippen molar-refractivity contribution in [2.75, 3.05) is 13.9 Å². The molecule has 2 aromatic carbocycles. The van der Waals surface area contributed by atoms with Gasteiger partial charge in [0, 0.05) is 23.5 Å². The first-order valence-corrected chi connectivity index (χ1v) is 10.2. The molecular formula is C23H31O3P. The fourth-order valence-electron chi connectivity index (χ4n) is 2.84. The van der Waals surface area contributed by atoms with Crippen LogP contribution in [0.4, 0.5) is 0 Å². The lowest BCUT2D eigenvalue weighted by Crippen LogP contribution is -2.24. The van der Waals surface area contributed by atoms with Crippen LogP contribution in [0.5, 0.6) is 5.75 Å². The van der Waals surface area contributed by atoms with Crippen molar-refractivity contribution in [2.24, 2.45) is 0 Å². The number of carbonyl (C=O) groups excluding carboxylic acids is 1. The van der Waals surface area contributed by atoms with Crippen LogP contribution in [0.2, 0.25) is 0 Å². The molecule has 1 unspecified atom stereocenters. The highest BCUT2D eigenvalue weighted by Crippen LogP contribution is 2.37. The van der Waals surface area contributed by atoms with Crippen LogP contribution in [0.1, 0.15) is 63.0 Å². The summed E-state index contributed by atoms with van der Waals surface area (Å²) in [4.78, 5) is 11.5. The summed E-state index contributed by atoms with van der Waals surface area (Å²) in [6.45, 7) is 13.4. The van der Waals surface area contributed by atoms with Crippen LogP contribution in [0.3, 0.4) is 0 Å². The van der Waals surface area contributed by atoms with Gasteiger partial charge >= 0.3 is 0 Å². The third kappa shape index (κ3) is 5.40. The normalized spacial score (nSPS) is 12.6. The molecule has 146 valence electrons. The minimum absolute atomic E-state index is 0.0171. The van der Waals surface area contributed by atoms with Gasteiger partial charge in [-0.3, -0.25) is 4.79 Å². The first kappa shape index (κ1) is 21.6. The van der Waals surface area contributed by atoms with Gasteiger partial charge in [0.1, 0.15) is 5.75 Å². The van der Waals surface area contributed by atoms with Crippen molar-refractivity contribution in [3.63, 3.8) is 0 Å². The Hall–Kier alpha value is -1.70. The smallest absolute Gasteiger partial charge is 0.188 e. The fourth-order valence-corrected chi connectivity index (χ4v) is 4.15. The Morgan fingerprint density at radius 2 is 1.63 bits per heavy atom. The maximum Gasteiger partial charge on any atom is 0.188 e. The predicted molar refractivity (Wildman–Crippen MR) is 116 cm³/mol. The van der Waals surface area contributed by atoms with E-state index in [-0.39, 0.29) is 17.6 Å². The number of benzene rings is 2. The Balaban J connectivity index is 2.69. The Kier molecular flexibility index (Phi) is 6.83. The van der Waals surface area contributed by atoms with Crippen LogP contribution in [0.25, 0.3) is 0 Å². The number of carbonyl (C=O) groups is 1. The largest absolute Gasteiger partial charge is 0.467 e. The summed E-state index contributed by atoms with van der Waals surface area (Å²) in [6.07, 6.45) is 0.927. The maximum atomic E-state index is 11.5. The van der Waals surface area contributed by atoms with E-state index in [1.807, 2.05) is 24.3 Å². The van der Waals surface area contributed by atoms with E-state index in [4.69, 9.17) is 9.47 Å². The van der Waals surface area contributed by atoms with Gasteiger partial charge in [0.15, 0.2) is 13.1 Å². The Morgan fingerprint density at radius 3 is 2.19 bits per heavy atom. The number of rotatable bonds is 6. The minimum atomic E-state index is -0.0757. The molecule has 0 heterocycles. The third-order valence-corrected chi connectivity index (χ3v) is 5.81. The van der Waals surface area contributed by atoms with E-state index >= 15 is 0 Å². The monoisotopic (exact) mass is 386 g/mol. The highest BCUT2D eigenvalue weighted by molar-refractivity contribution is 7.56. The quantitative estimate of drug-likeness (QED) is 0.410. The summed E-state index contributed by atoms with van der Waals surface area (Å²) in [5.74, 6) is 0.872. The van der Waals surface area contributed by atoms with Crippen LogP contribution >= 0.6 is 8.58 Å². The second-order valence-corrected chi connectivity index (χ2v) is 10.1. The predicted octanol–water partition coefficient (Wildman–Crippen LogP) is 4.71. The first-order chi connectivity index (χ1) is 12.6. The zero-order valence-corrected chi connectivity index (χ0v) is 18.5. The molecular weight excluding hydrogens is 355 g/mol. The standard InChI is InChI=1S/C23H31O3P/c1-22(2,3)17-12-18(23(4,5)6)21(26-15-25-7)20(13-17)27-19-11-9-8-10-16(19)14-24/h8-14,27H,15H2,1-7H3. The number of methoxy groups -OCH3 is 1. The highest BCUT2D eigenvalue weighted by atomic mass is 31.1. The van der Waals surface area contributed by atoms with Crippen molar-refractivity contribution in [3.05, 3.63) is 53.1 Å². The van der Waals surface area contributed by atoms with E-state index < -0.39 is 0 Å². The second-order valence-electron chi connectivity index (χ2n) is 8.78. The number of hydrogen-bond donors (Lipinski definition) is 0. The molecule has 0 aliphatic rings. The second kappa shape index (κ2) is 8.54. The van der Waals surface area contributed by atoms with Gasteiger partial charge < -0.3 is 9.47 Å². The van der Waals surface area contributed by atoms with Gasteiger partial charge in [-0.25, -0.2) is 0 Å². The van der Waals surface area contributed by atoms with Crippen molar-refractivity contribution in [1.29, 1.82) is 0 Å². The molecule has 2 aromatic rings. The molecule has 0 fully saturated rings. The molecule has 0 spiro atoms. The average Bonchev–Trinajstić information content (AvgIpc) is 2.58. The molecule has 3 nitrogen and oxygen atoms in total. The van der Waals surface area contributed by atoms with E-state index in [0.717, 1.165) is 33.8 Å². The number of aldehydes is 1. The van der Waals surface area contributed by atoms with Crippen LogP contribution in [0, 0.1) is 0 Å². The Bertz CT molecular complexity index is 798. The van der Waals surface area contributed by atoms with Crippen molar-refractivity contribution in [1.82, 2.24) is 0 Å². The first-order valence-electron chi connectivity index (χ1n) is 9.20. The summed E-state index contributed by atoms with van der Waals surface area (Å²) < 4.78 is 11.2. The molecule has 0 aliphatic carbocycles. The summed E-state index contributed by atoms with van der Waals surface area (Å²) >= 11 is 0. The van der Waals surface area contributed by atoms with Gasteiger partial charge in [-0.15, -0.1) is 0 Å². The maximum absolute atomic E-state index is 11.5. The summed E-state index contributed by atoms with van der Waals surface area (Å²) in [6, 6.07) is 12.2. The molecule has 4 heteroatoms. The third-order valence-electron chi connectivity index (χ3n) is 4.44. The molecule has 0 saturated heterocycles. The van der Waals surface area contributed by atoms with Crippen LogP contribution in [-0.4, -0.2) is 20.2 Å². The van der Waals surface area contributed by atoms with Gasteiger partial charge in [-0.05, 0) is 27.8 Å². The zero-order chi connectivity index (χ0) is 20.2. The lowest BCUT2D eigenvalue weighted by Gasteiger charge is -2.29. The Morgan fingerprint density at radius 1 is 0.963 bits per heavy atom. The Labute approximate surface area is 165 Å². The van der Waals surface area contributed by atoms with Crippen molar-refractivity contribution >= 4 is 25.5 Å². The fraction of sp³-hybridized carbons (Fsp3) is 0.435. The van der Waals surface area contributed by atoms with E-state index in [0.29, 0.717) is 8.58 Å². The average molecular weight is 386 g/mol. The van der Waals surface area contributed by atoms with Gasteiger partial charge in [0.25, 0.3) is 0 Å².